The van der Waals surface area contributed by atoms with Gasteiger partial charge in [-0.05, 0) is 12.2 Å². The average Bonchev–Trinajstić information content (AvgIpc) is 1.61. The van der Waals surface area contributed by atoms with E-state index >= 15 is 0 Å². The van der Waals surface area contributed by atoms with Crippen molar-refractivity contribution in [2.75, 3.05) is 6.61 Å². The zero-order valence-electron chi connectivity index (χ0n) is 3.31. The Morgan fingerprint density at radius 3 is 2.83 bits per heavy atom. The van der Waals surface area contributed by atoms with Gasteiger partial charge in [0.1, 0.15) is 6.61 Å². The molecule has 0 bridgehead atoms. The van der Waals surface area contributed by atoms with E-state index in [1.807, 2.05) is 0 Å². The third kappa shape index (κ3) is 3.63. The minimum absolute atomic E-state index is 0.462. The number of hydrogen-bond acceptors (Lipinski definition) is 2. The molecule has 0 aromatic carbocycles. The molecule has 0 aliphatic heterocycles. The molecule has 0 saturated heterocycles. The van der Waals surface area contributed by atoms with Crippen LogP contribution in [0.4, 0.5) is 0 Å². The van der Waals surface area contributed by atoms with Gasteiger partial charge in [-0.25, -0.2) is 0 Å². The highest BCUT2D eigenvalue weighted by Crippen LogP contribution is 1.65. The van der Waals surface area contributed by atoms with E-state index in [0.717, 1.165) is 0 Å². The predicted molar refractivity (Wildman–Crippen MR) is 28.7 cm³/mol. The van der Waals surface area contributed by atoms with E-state index in [0.29, 0.717) is 6.61 Å². The van der Waals surface area contributed by atoms with E-state index in [2.05, 4.69) is 29.1 Å². The largest absolute Gasteiger partial charge is 0.476 e. The first-order valence-electron chi connectivity index (χ1n) is 1.51. The first-order valence-corrected chi connectivity index (χ1v) is 1.92. The molecule has 0 saturated carbocycles. The van der Waals surface area contributed by atoms with Crippen molar-refractivity contribution in [1.29, 1.82) is 0 Å². The molecule has 0 atom stereocenters. The van der Waals surface area contributed by atoms with Gasteiger partial charge >= 0.3 is 0 Å². The molecule has 0 aromatic rings. The molecule has 33 valence electrons. The SMILES string of the molecule is C=CCO[C]=S. The van der Waals surface area contributed by atoms with Gasteiger partial charge in [0.2, 0.25) is 5.55 Å². The van der Waals surface area contributed by atoms with Crippen molar-refractivity contribution >= 4 is 17.8 Å². The van der Waals surface area contributed by atoms with Crippen LogP contribution in [-0.4, -0.2) is 12.2 Å². The summed E-state index contributed by atoms with van der Waals surface area (Å²) in [7, 11) is 0. The lowest BCUT2D eigenvalue weighted by atomic mass is 10.7. The van der Waals surface area contributed by atoms with E-state index in [-0.39, 0.29) is 0 Å². The number of rotatable bonds is 3. The highest BCUT2D eigenvalue weighted by atomic mass is 32.1. The van der Waals surface area contributed by atoms with Crippen molar-refractivity contribution in [3.05, 3.63) is 12.7 Å². The van der Waals surface area contributed by atoms with Crippen LogP contribution in [-0.2, 0) is 4.74 Å². The predicted octanol–water partition coefficient (Wildman–Crippen LogP) is 1.02. The maximum Gasteiger partial charge on any atom is 0.239 e. The Labute approximate surface area is 42.6 Å². The smallest absolute Gasteiger partial charge is 0.239 e. The minimum Gasteiger partial charge on any atom is -0.476 e. The summed E-state index contributed by atoms with van der Waals surface area (Å²) in [5, 5.41) is 0. The number of thiocarbonyl (C=S) groups is 1. The molecule has 1 nitrogen and oxygen atoms in total. The summed E-state index contributed by atoms with van der Waals surface area (Å²) in [4.78, 5) is 0. The van der Waals surface area contributed by atoms with Crippen molar-refractivity contribution in [3.63, 3.8) is 0 Å². The fourth-order valence-electron chi connectivity index (χ4n) is 0.0929. The van der Waals surface area contributed by atoms with Crippen LogP contribution in [0.5, 0.6) is 0 Å². The fourth-order valence-corrected chi connectivity index (χ4v) is 0.161. The first-order chi connectivity index (χ1) is 2.91. The lowest BCUT2D eigenvalue weighted by Crippen LogP contribution is -1.81. The summed E-state index contributed by atoms with van der Waals surface area (Å²) < 4.78 is 4.43. The van der Waals surface area contributed by atoms with Gasteiger partial charge in [0.05, 0.1) is 0 Å². The molecular weight excluding hydrogens is 96.1 g/mol. The number of ether oxygens (including phenoxy) is 1. The molecule has 1 radical (unpaired) electrons. The highest BCUT2D eigenvalue weighted by molar-refractivity contribution is 7.78. The highest BCUT2D eigenvalue weighted by Gasteiger charge is 1.64. The summed E-state index contributed by atoms with van der Waals surface area (Å²) >= 11 is 4.20. The van der Waals surface area contributed by atoms with Crippen LogP contribution in [0.3, 0.4) is 0 Å². The standard InChI is InChI=1S/C4H5OS/c1-2-3-5-4-6/h2H,1,3H2. The van der Waals surface area contributed by atoms with E-state index in [1.165, 1.54) is 0 Å². The van der Waals surface area contributed by atoms with Crippen LogP contribution in [0.1, 0.15) is 0 Å². The Morgan fingerprint density at radius 2 is 2.67 bits per heavy atom. The van der Waals surface area contributed by atoms with Gasteiger partial charge in [-0.1, -0.05) is 12.7 Å². The Morgan fingerprint density at radius 1 is 2.00 bits per heavy atom. The summed E-state index contributed by atoms with van der Waals surface area (Å²) in [6.07, 6.45) is 1.61. The molecular formula is C4H5OS. The molecule has 0 unspecified atom stereocenters. The Hall–Kier alpha value is -0.370. The van der Waals surface area contributed by atoms with Gasteiger partial charge in [-0.2, -0.15) is 0 Å². The van der Waals surface area contributed by atoms with Crippen LogP contribution < -0.4 is 0 Å². The van der Waals surface area contributed by atoms with Crippen LogP contribution in [0, 0.1) is 0 Å². The third-order valence-corrected chi connectivity index (χ3v) is 0.378. The quantitative estimate of drug-likeness (QED) is 0.298. The van der Waals surface area contributed by atoms with Crippen molar-refractivity contribution < 1.29 is 4.74 Å². The number of hydrogen-bond donors (Lipinski definition) is 0. The molecule has 0 fully saturated rings. The first kappa shape index (κ1) is 5.63. The Kier molecular flexibility index (Phi) is 4.34. The molecule has 0 spiro atoms. The average molecular weight is 101 g/mol. The van der Waals surface area contributed by atoms with Crippen molar-refractivity contribution in [1.82, 2.24) is 0 Å². The van der Waals surface area contributed by atoms with Gasteiger partial charge < -0.3 is 4.74 Å². The van der Waals surface area contributed by atoms with E-state index in [9.17, 15) is 0 Å². The van der Waals surface area contributed by atoms with Gasteiger partial charge in [0.15, 0.2) is 0 Å². The second-order valence-electron chi connectivity index (χ2n) is 0.683. The molecule has 0 amide bonds. The van der Waals surface area contributed by atoms with E-state index in [4.69, 9.17) is 0 Å². The Balaban J connectivity index is 2.66. The topological polar surface area (TPSA) is 9.23 Å². The molecule has 6 heavy (non-hydrogen) atoms. The molecule has 2 heteroatoms. The van der Waals surface area contributed by atoms with Gasteiger partial charge in [0, 0.05) is 0 Å². The van der Waals surface area contributed by atoms with Crippen LogP contribution in [0.15, 0.2) is 12.7 Å². The molecule has 0 aliphatic carbocycles. The molecule has 0 heterocycles. The lowest BCUT2D eigenvalue weighted by Gasteiger charge is -1.83. The molecule has 0 N–H and O–H groups in total. The van der Waals surface area contributed by atoms with Crippen molar-refractivity contribution in [2.24, 2.45) is 0 Å². The van der Waals surface area contributed by atoms with Crippen molar-refractivity contribution in [2.45, 2.75) is 0 Å². The molecule has 0 rings (SSSR count). The van der Waals surface area contributed by atoms with Gasteiger partial charge in [0.25, 0.3) is 0 Å². The second-order valence-corrected chi connectivity index (χ2v) is 0.850. The van der Waals surface area contributed by atoms with Crippen LogP contribution in [0.25, 0.3) is 0 Å². The van der Waals surface area contributed by atoms with Crippen LogP contribution >= 0.6 is 12.2 Å². The summed E-state index contributed by atoms with van der Waals surface area (Å²) in [6.45, 7) is 3.85. The van der Waals surface area contributed by atoms with Crippen molar-refractivity contribution in [3.8, 4) is 0 Å². The summed E-state index contributed by atoms with van der Waals surface area (Å²) in [6, 6.07) is 0. The maximum absolute atomic E-state index is 4.43. The van der Waals surface area contributed by atoms with E-state index in [1.54, 1.807) is 6.08 Å². The molecule has 0 aliphatic rings. The third-order valence-electron chi connectivity index (χ3n) is 0.260. The zero-order chi connectivity index (χ0) is 4.83. The normalized spacial score (nSPS) is 6.67. The second kappa shape index (κ2) is 4.63. The van der Waals surface area contributed by atoms with Gasteiger partial charge in [-0.15, -0.1) is 0 Å². The summed E-state index contributed by atoms with van der Waals surface area (Å²) in [5.41, 5.74) is 2.08. The maximum atomic E-state index is 4.43. The molecule has 0 aromatic heterocycles. The fraction of sp³-hybridized carbons (Fsp3) is 0.250. The van der Waals surface area contributed by atoms with Gasteiger partial charge in [-0.3, -0.25) is 0 Å². The van der Waals surface area contributed by atoms with Crippen LogP contribution in [0.2, 0.25) is 0 Å². The summed E-state index contributed by atoms with van der Waals surface area (Å²) in [5.74, 6) is 0. The zero-order valence-corrected chi connectivity index (χ0v) is 4.12. The van der Waals surface area contributed by atoms with E-state index < -0.39 is 0 Å². The monoisotopic (exact) mass is 101 g/mol. The lowest BCUT2D eigenvalue weighted by molar-refractivity contribution is 0.376. The minimum atomic E-state index is 0.462. The Bertz CT molecular complexity index is 43.5.